The first-order chi connectivity index (χ1) is 11.0. The van der Waals surface area contributed by atoms with Crippen molar-refractivity contribution < 1.29 is 13.2 Å². The van der Waals surface area contributed by atoms with E-state index in [1.807, 2.05) is 4.31 Å². The Morgan fingerprint density at radius 1 is 1.09 bits per heavy atom. The van der Waals surface area contributed by atoms with Gasteiger partial charge in [-0.25, -0.2) is 8.42 Å². The maximum Gasteiger partial charge on any atom is 0.217 e. The van der Waals surface area contributed by atoms with Crippen LogP contribution in [0.4, 0.5) is 0 Å². The van der Waals surface area contributed by atoms with Crippen molar-refractivity contribution in [3.63, 3.8) is 0 Å². The minimum atomic E-state index is -3.10. The smallest absolute Gasteiger partial charge is 0.217 e. The Labute approximate surface area is 140 Å². The maximum atomic E-state index is 12.9. The van der Waals surface area contributed by atoms with E-state index in [-0.39, 0.29) is 16.7 Å². The average molecular weight is 343 g/mol. The summed E-state index contributed by atoms with van der Waals surface area (Å²) in [6.07, 6.45) is 7.51. The van der Waals surface area contributed by atoms with E-state index in [1.165, 1.54) is 12.8 Å². The Kier molecular flexibility index (Phi) is 4.23. The van der Waals surface area contributed by atoms with Crippen molar-refractivity contribution in [2.24, 2.45) is 11.3 Å². The summed E-state index contributed by atoms with van der Waals surface area (Å²) in [5, 5.41) is -0.102. The molecule has 1 atom stereocenters. The highest BCUT2D eigenvalue weighted by Crippen LogP contribution is 2.46. The van der Waals surface area contributed by atoms with Crippen molar-refractivity contribution in [2.75, 3.05) is 39.9 Å². The van der Waals surface area contributed by atoms with E-state index in [4.69, 9.17) is 4.74 Å². The van der Waals surface area contributed by atoms with Crippen LogP contribution in [0.25, 0.3) is 0 Å². The van der Waals surface area contributed by atoms with Crippen LogP contribution >= 0.6 is 0 Å². The summed E-state index contributed by atoms with van der Waals surface area (Å²) in [6.45, 7) is 4.33. The molecule has 0 bridgehead atoms. The van der Waals surface area contributed by atoms with Crippen LogP contribution in [0.15, 0.2) is 0 Å². The molecule has 4 rings (SSSR count). The van der Waals surface area contributed by atoms with Gasteiger partial charge in [-0.05, 0) is 76.4 Å². The minimum Gasteiger partial charge on any atom is -0.379 e. The summed E-state index contributed by atoms with van der Waals surface area (Å²) in [5.74, 6) is 0.738. The molecule has 2 saturated heterocycles. The van der Waals surface area contributed by atoms with E-state index in [1.54, 1.807) is 0 Å². The molecule has 2 heterocycles. The monoisotopic (exact) mass is 342 g/mol. The Morgan fingerprint density at radius 2 is 1.78 bits per heavy atom. The molecule has 0 unspecified atom stereocenters. The van der Waals surface area contributed by atoms with Crippen LogP contribution in [0.1, 0.15) is 44.9 Å². The number of sulfonamides is 1. The quantitative estimate of drug-likeness (QED) is 0.737. The van der Waals surface area contributed by atoms with Crippen molar-refractivity contribution in [1.29, 1.82) is 0 Å². The molecule has 2 aliphatic heterocycles. The molecular weight excluding hydrogens is 312 g/mol. The van der Waals surface area contributed by atoms with E-state index in [2.05, 4.69) is 11.9 Å². The molecule has 0 amide bonds. The third-order valence-corrected chi connectivity index (χ3v) is 8.64. The van der Waals surface area contributed by atoms with Crippen LogP contribution in [0, 0.1) is 11.3 Å². The van der Waals surface area contributed by atoms with Gasteiger partial charge in [0, 0.05) is 19.2 Å². The van der Waals surface area contributed by atoms with Gasteiger partial charge < -0.3 is 9.64 Å². The molecule has 0 aromatic heterocycles. The van der Waals surface area contributed by atoms with E-state index >= 15 is 0 Å². The molecule has 4 aliphatic rings. The van der Waals surface area contributed by atoms with E-state index in [0.29, 0.717) is 6.61 Å². The predicted molar refractivity (Wildman–Crippen MR) is 89.8 cm³/mol. The van der Waals surface area contributed by atoms with Crippen LogP contribution in [0.2, 0.25) is 0 Å². The fraction of sp³-hybridized carbons (Fsp3) is 1.00. The standard InChI is InChI=1S/C17H30N2O3S/c1-18-8-6-17(7-9-18)10-15(12-22-11-14-2-3-14)19(13-17)23(20,21)16-4-5-16/h14-16H,2-13H2,1H3/t15-/m1/s1. The Morgan fingerprint density at radius 3 is 2.39 bits per heavy atom. The Hall–Kier alpha value is -0.170. The molecule has 0 aromatic carbocycles. The molecule has 132 valence electrons. The molecule has 6 heteroatoms. The second-order valence-corrected chi connectivity index (χ2v) is 10.6. The molecule has 0 aromatic rings. The summed E-state index contributed by atoms with van der Waals surface area (Å²) in [7, 11) is -0.935. The molecular formula is C17H30N2O3S. The average Bonchev–Trinajstić information content (AvgIpc) is 3.40. The zero-order chi connectivity index (χ0) is 16.1. The lowest BCUT2D eigenvalue weighted by atomic mass is 9.77. The van der Waals surface area contributed by atoms with Gasteiger partial charge in [-0.3, -0.25) is 0 Å². The topological polar surface area (TPSA) is 49.9 Å². The number of piperidine rings is 1. The summed E-state index contributed by atoms with van der Waals surface area (Å²) in [6, 6.07) is 0.0720. The highest BCUT2D eigenvalue weighted by Gasteiger charge is 2.52. The van der Waals surface area contributed by atoms with Crippen LogP contribution < -0.4 is 0 Å². The lowest BCUT2D eigenvalue weighted by Gasteiger charge is -2.37. The third-order valence-electron chi connectivity index (χ3n) is 6.25. The molecule has 0 N–H and O–H groups in total. The fourth-order valence-electron chi connectivity index (χ4n) is 4.23. The molecule has 0 radical (unpaired) electrons. The molecule has 4 fully saturated rings. The SMILES string of the molecule is CN1CCC2(CC1)C[C@H](COCC1CC1)N(S(=O)(=O)C1CC1)C2. The lowest BCUT2D eigenvalue weighted by Crippen LogP contribution is -2.42. The summed E-state index contributed by atoms with van der Waals surface area (Å²) >= 11 is 0. The third kappa shape index (κ3) is 3.46. The fourth-order valence-corrected chi connectivity index (χ4v) is 6.35. The van der Waals surface area contributed by atoms with E-state index < -0.39 is 10.0 Å². The largest absolute Gasteiger partial charge is 0.379 e. The van der Waals surface area contributed by atoms with E-state index in [9.17, 15) is 8.42 Å². The first kappa shape index (κ1) is 16.3. The van der Waals surface area contributed by atoms with Gasteiger partial charge in [0.1, 0.15) is 0 Å². The Bertz CT molecular complexity index is 534. The first-order valence-electron chi connectivity index (χ1n) is 9.26. The van der Waals surface area contributed by atoms with Gasteiger partial charge >= 0.3 is 0 Å². The molecule has 5 nitrogen and oxygen atoms in total. The summed E-state index contributed by atoms with van der Waals surface area (Å²) < 4.78 is 33.5. The molecule has 2 aliphatic carbocycles. The van der Waals surface area contributed by atoms with Gasteiger partial charge in [0.25, 0.3) is 0 Å². The van der Waals surface area contributed by atoms with Crippen molar-refractivity contribution in [3.8, 4) is 0 Å². The zero-order valence-electron chi connectivity index (χ0n) is 14.2. The van der Waals surface area contributed by atoms with Crippen molar-refractivity contribution in [2.45, 2.75) is 56.2 Å². The number of ether oxygens (including phenoxy) is 1. The summed E-state index contributed by atoms with van der Waals surface area (Å²) in [5.41, 5.74) is 0.197. The van der Waals surface area contributed by atoms with Crippen molar-refractivity contribution in [1.82, 2.24) is 9.21 Å². The lowest BCUT2D eigenvalue weighted by molar-refractivity contribution is 0.0877. The number of nitrogens with zero attached hydrogens (tertiary/aromatic N) is 2. The van der Waals surface area contributed by atoms with Gasteiger partial charge in [-0.1, -0.05) is 0 Å². The van der Waals surface area contributed by atoms with Gasteiger partial charge in [0.05, 0.1) is 11.9 Å². The second-order valence-electron chi connectivity index (χ2n) is 8.43. The van der Waals surface area contributed by atoms with Crippen molar-refractivity contribution >= 4 is 10.0 Å². The van der Waals surface area contributed by atoms with Crippen LogP contribution in [-0.2, 0) is 14.8 Å². The van der Waals surface area contributed by atoms with Gasteiger partial charge in [0.2, 0.25) is 10.0 Å². The first-order valence-corrected chi connectivity index (χ1v) is 10.8. The second kappa shape index (κ2) is 5.97. The normalized spacial score (nSPS) is 32.7. The van der Waals surface area contributed by atoms with E-state index in [0.717, 1.165) is 64.3 Å². The van der Waals surface area contributed by atoms with Gasteiger partial charge in [-0.15, -0.1) is 0 Å². The number of rotatable bonds is 6. The Balaban J connectivity index is 1.46. The van der Waals surface area contributed by atoms with Gasteiger partial charge in [-0.2, -0.15) is 4.31 Å². The maximum absolute atomic E-state index is 12.9. The number of hydrogen-bond acceptors (Lipinski definition) is 4. The van der Waals surface area contributed by atoms with Gasteiger partial charge in [0.15, 0.2) is 0 Å². The van der Waals surface area contributed by atoms with Crippen molar-refractivity contribution in [3.05, 3.63) is 0 Å². The minimum absolute atomic E-state index is 0.0720. The zero-order valence-corrected chi connectivity index (χ0v) is 15.1. The van der Waals surface area contributed by atoms with Crippen LogP contribution in [0.3, 0.4) is 0 Å². The highest BCUT2D eigenvalue weighted by molar-refractivity contribution is 7.90. The molecule has 2 saturated carbocycles. The molecule has 1 spiro atoms. The number of likely N-dealkylation sites (tertiary alicyclic amines) is 1. The summed E-state index contributed by atoms with van der Waals surface area (Å²) in [4.78, 5) is 2.36. The van der Waals surface area contributed by atoms with Crippen LogP contribution in [-0.4, -0.2) is 68.8 Å². The molecule has 23 heavy (non-hydrogen) atoms. The highest BCUT2D eigenvalue weighted by atomic mass is 32.2. The van der Waals surface area contributed by atoms with Crippen LogP contribution in [0.5, 0.6) is 0 Å². The number of hydrogen-bond donors (Lipinski definition) is 0. The predicted octanol–water partition coefficient (Wildman–Crippen LogP) is 1.69.